The molecule has 0 saturated heterocycles. The Morgan fingerprint density at radius 2 is 1.88 bits per heavy atom. The molecule has 4 heteroatoms. The van der Waals surface area contributed by atoms with E-state index in [0.29, 0.717) is 12.0 Å². The van der Waals surface area contributed by atoms with E-state index in [0.717, 1.165) is 12.8 Å². The van der Waals surface area contributed by atoms with Gasteiger partial charge in [0, 0.05) is 6.04 Å². The van der Waals surface area contributed by atoms with E-state index in [1.165, 1.54) is 19.3 Å². The molecular weight excluding hydrogens is 334 g/mol. The van der Waals surface area contributed by atoms with E-state index < -0.39 is 0 Å². The van der Waals surface area contributed by atoms with Crippen LogP contribution in [0, 0.1) is 11.3 Å². The summed E-state index contributed by atoms with van der Waals surface area (Å²) in [6.45, 7) is 4.26. The summed E-state index contributed by atoms with van der Waals surface area (Å²) in [5, 5.41) is 3.23. The SMILES string of the molecule is C[C@H]1CCCC[C@H]1NC(=O)[C@]1(C)CC1(Br)Br. The highest BCUT2D eigenvalue weighted by Gasteiger charge is 2.66. The van der Waals surface area contributed by atoms with Crippen molar-refractivity contribution in [3.63, 3.8) is 0 Å². The molecule has 0 bridgehead atoms. The van der Waals surface area contributed by atoms with Crippen LogP contribution in [0.4, 0.5) is 0 Å². The number of hydrogen-bond acceptors (Lipinski definition) is 1. The van der Waals surface area contributed by atoms with E-state index in [1.807, 2.05) is 6.92 Å². The monoisotopic (exact) mass is 351 g/mol. The van der Waals surface area contributed by atoms with Crippen molar-refractivity contribution in [1.29, 1.82) is 0 Å². The predicted molar refractivity (Wildman–Crippen MR) is 72.9 cm³/mol. The van der Waals surface area contributed by atoms with Gasteiger partial charge in [0.1, 0.15) is 0 Å². The maximum Gasteiger partial charge on any atom is 0.228 e. The lowest BCUT2D eigenvalue weighted by Crippen LogP contribution is -2.44. The minimum atomic E-state index is -0.274. The van der Waals surface area contributed by atoms with Crippen LogP contribution in [0.5, 0.6) is 0 Å². The molecule has 2 aliphatic rings. The number of alkyl halides is 2. The molecule has 1 amide bonds. The number of halogens is 2. The third-order valence-electron chi connectivity index (χ3n) is 4.19. The molecule has 2 nitrogen and oxygen atoms in total. The van der Waals surface area contributed by atoms with Gasteiger partial charge < -0.3 is 5.32 Å². The van der Waals surface area contributed by atoms with Crippen molar-refractivity contribution in [3.05, 3.63) is 0 Å². The van der Waals surface area contributed by atoms with Crippen LogP contribution >= 0.6 is 31.9 Å². The fourth-order valence-electron chi connectivity index (χ4n) is 2.50. The van der Waals surface area contributed by atoms with Gasteiger partial charge in [-0.25, -0.2) is 0 Å². The molecule has 2 saturated carbocycles. The predicted octanol–water partition coefficient (Wildman–Crippen LogP) is 3.58. The normalized spacial score (nSPS) is 41.5. The highest BCUT2D eigenvalue weighted by atomic mass is 79.9. The van der Waals surface area contributed by atoms with E-state index in [9.17, 15) is 4.79 Å². The third-order valence-corrected chi connectivity index (χ3v) is 6.50. The first-order chi connectivity index (χ1) is 7.37. The highest BCUT2D eigenvalue weighted by molar-refractivity contribution is 9.25. The molecule has 3 atom stereocenters. The Kier molecular flexibility index (Phi) is 3.44. The smallest absolute Gasteiger partial charge is 0.228 e. The van der Waals surface area contributed by atoms with E-state index in [1.54, 1.807) is 0 Å². The maximum absolute atomic E-state index is 12.2. The molecule has 2 fully saturated rings. The van der Waals surface area contributed by atoms with E-state index in [4.69, 9.17) is 0 Å². The minimum Gasteiger partial charge on any atom is -0.353 e. The Balaban J connectivity index is 1.93. The zero-order valence-corrected chi connectivity index (χ0v) is 13.0. The van der Waals surface area contributed by atoms with Crippen molar-refractivity contribution in [2.45, 2.75) is 55.2 Å². The van der Waals surface area contributed by atoms with Gasteiger partial charge in [0.25, 0.3) is 0 Å². The van der Waals surface area contributed by atoms with Crippen molar-refractivity contribution < 1.29 is 4.79 Å². The number of carbonyl (C=O) groups excluding carboxylic acids is 1. The Morgan fingerprint density at radius 3 is 2.38 bits per heavy atom. The second-order valence-corrected chi connectivity index (χ2v) is 9.33. The number of nitrogens with one attached hydrogen (secondary N) is 1. The maximum atomic E-state index is 12.2. The Morgan fingerprint density at radius 1 is 1.31 bits per heavy atom. The van der Waals surface area contributed by atoms with Crippen molar-refractivity contribution in [1.82, 2.24) is 5.32 Å². The van der Waals surface area contributed by atoms with E-state index in [2.05, 4.69) is 44.1 Å². The Hall–Kier alpha value is 0.430. The molecule has 0 unspecified atom stereocenters. The van der Waals surface area contributed by atoms with Crippen molar-refractivity contribution >= 4 is 37.8 Å². The summed E-state index contributed by atoms with van der Waals surface area (Å²) >= 11 is 7.09. The van der Waals surface area contributed by atoms with Crippen molar-refractivity contribution in [2.75, 3.05) is 0 Å². The molecule has 2 rings (SSSR count). The summed E-state index contributed by atoms with van der Waals surface area (Å²) in [6, 6.07) is 0.384. The van der Waals surface area contributed by atoms with Gasteiger partial charge in [-0.1, -0.05) is 51.6 Å². The van der Waals surface area contributed by atoms with E-state index >= 15 is 0 Å². The molecule has 0 aromatic rings. The topological polar surface area (TPSA) is 29.1 Å². The lowest BCUT2D eigenvalue weighted by Gasteiger charge is -2.30. The van der Waals surface area contributed by atoms with Gasteiger partial charge in [-0.05, 0) is 32.1 Å². The number of amides is 1. The lowest BCUT2D eigenvalue weighted by atomic mass is 9.85. The van der Waals surface area contributed by atoms with Crippen LogP contribution in [0.25, 0.3) is 0 Å². The summed E-state index contributed by atoms with van der Waals surface area (Å²) in [4.78, 5) is 12.2. The van der Waals surface area contributed by atoms with Crippen LogP contribution in [0.3, 0.4) is 0 Å². The second-order valence-electron chi connectivity index (χ2n) is 5.56. The molecule has 0 aromatic carbocycles. The molecule has 92 valence electrons. The van der Waals surface area contributed by atoms with Crippen molar-refractivity contribution in [3.8, 4) is 0 Å². The standard InChI is InChI=1S/C12H19Br2NO/c1-8-5-3-4-6-9(8)15-10(16)11(2)7-12(11,13)14/h8-9H,3-7H2,1-2H3,(H,15,16)/t8-,9+,11-/m0/s1. The minimum absolute atomic E-state index is 0.172. The number of rotatable bonds is 2. The average Bonchev–Trinajstić information content (AvgIpc) is 2.71. The Labute approximate surface area is 114 Å². The lowest BCUT2D eigenvalue weighted by molar-refractivity contribution is -0.127. The molecule has 16 heavy (non-hydrogen) atoms. The zero-order chi connectivity index (χ0) is 12.0. The summed E-state index contributed by atoms with van der Waals surface area (Å²) in [6.07, 6.45) is 5.81. The summed E-state index contributed by atoms with van der Waals surface area (Å²) in [5.74, 6) is 0.820. The number of carbonyl (C=O) groups is 1. The summed E-state index contributed by atoms with van der Waals surface area (Å²) in [5.41, 5.74) is -0.274. The van der Waals surface area contributed by atoms with Crippen LogP contribution < -0.4 is 5.32 Å². The second kappa shape index (κ2) is 4.27. The van der Waals surface area contributed by atoms with Crippen LogP contribution in [0.15, 0.2) is 0 Å². The van der Waals surface area contributed by atoms with E-state index in [-0.39, 0.29) is 14.6 Å². The molecule has 0 heterocycles. The highest BCUT2D eigenvalue weighted by Crippen LogP contribution is 2.66. The quantitative estimate of drug-likeness (QED) is 0.756. The van der Waals surface area contributed by atoms with Gasteiger partial charge in [-0.3, -0.25) is 4.79 Å². The molecule has 0 aromatic heterocycles. The average molecular weight is 353 g/mol. The first-order valence-electron chi connectivity index (χ1n) is 6.06. The van der Waals surface area contributed by atoms with Gasteiger partial charge in [0.15, 0.2) is 0 Å². The van der Waals surface area contributed by atoms with Crippen molar-refractivity contribution in [2.24, 2.45) is 11.3 Å². The molecule has 2 aliphatic carbocycles. The Bertz CT molecular complexity index is 305. The first-order valence-corrected chi connectivity index (χ1v) is 7.64. The summed E-state index contributed by atoms with van der Waals surface area (Å²) in [7, 11) is 0. The van der Waals surface area contributed by atoms with Crippen LogP contribution in [-0.4, -0.2) is 15.2 Å². The first kappa shape index (κ1) is 12.9. The van der Waals surface area contributed by atoms with Gasteiger partial charge >= 0.3 is 0 Å². The molecule has 0 radical (unpaired) electrons. The van der Waals surface area contributed by atoms with Gasteiger partial charge in [-0.2, -0.15) is 0 Å². The fraction of sp³-hybridized carbons (Fsp3) is 0.917. The number of hydrogen-bond donors (Lipinski definition) is 1. The fourth-order valence-corrected chi connectivity index (χ4v) is 3.99. The third kappa shape index (κ3) is 2.20. The van der Waals surface area contributed by atoms with Crippen LogP contribution in [0.1, 0.15) is 46.0 Å². The van der Waals surface area contributed by atoms with Gasteiger partial charge in [0.2, 0.25) is 5.91 Å². The van der Waals surface area contributed by atoms with Gasteiger partial charge in [-0.15, -0.1) is 0 Å². The van der Waals surface area contributed by atoms with Crippen LogP contribution in [0.2, 0.25) is 0 Å². The summed E-state index contributed by atoms with van der Waals surface area (Å²) < 4.78 is -0.172. The molecule has 0 aliphatic heterocycles. The molecule has 1 N–H and O–H groups in total. The zero-order valence-electron chi connectivity index (χ0n) is 9.85. The van der Waals surface area contributed by atoms with Crippen LogP contribution in [-0.2, 0) is 4.79 Å². The largest absolute Gasteiger partial charge is 0.353 e. The van der Waals surface area contributed by atoms with Gasteiger partial charge in [0.05, 0.1) is 8.65 Å². The molecular formula is C12H19Br2NO. The molecule has 0 spiro atoms.